The molecular weight excluding hydrogens is 373 g/mol. The molecule has 1 N–H and O–H groups in total. The van der Waals surface area contributed by atoms with Crippen molar-refractivity contribution >= 4 is 28.4 Å². The van der Waals surface area contributed by atoms with E-state index in [4.69, 9.17) is 9.97 Å². The van der Waals surface area contributed by atoms with Crippen molar-refractivity contribution in [3.63, 3.8) is 0 Å². The molecule has 0 atom stereocenters. The molecule has 1 aliphatic carbocycles. The Kier molecular flexibility index (Phi) is 7.20. The predicted octanol–water partition coefficient (Wildman–Crippen LogP) is 5.29. The van der Waals surface area contributed by atoms with Gasteiger partial charge in [0.1, 0.15) is 11.6 Å². The first-order valence-corrected chi connectivity index (χ1v) is 9.64. The number of nitrogens with one attached hydrogen (secondary N) is 1. The molecule has 0 saturated heterocycles. The van der Waals surface area contributed by atoms with Gasteiger partial charge in [0.25, 0.3) is 0 Å². The lowest BCUT2D eigenvalue weighted by molar-refractivity contribution is 0.556. The van der Waals surface area contributed by atoms with Crippen molar-refractivity contribution in [3.8, 4) is 0 Å². The molecule has 0 radical (unpaired) electrons. The van der Waals surface area contributed by atoms with Gasteiger partial charge in [-0.3, -0.25) is 0 Å². The molecule has 21 heavy (non-hydrogen) atoms. The topological polar surface area (TPSA) is 37.8 Å². The van der Waals surface area contributed by atoms with E-state index in [0.29, 0.717) is 5.92 Å². The van der Waals surface area contributed by atoms with Crippen molar-refractivity contribution in [2.75, 3.05) is 11.9 Å². The molecule has 0 bridgehead atoms. The first-order valence-electron chi connectivity index (χ1n) is 8.56. The summed E-state index contributed by atoms with van der Waals surface area (Å²) < 4.78 is 1.22. The third-order valence-corrected chi connectivity index (χ3v) is 5.32. The first kappa shape index (κ1) is 17.0. The maximum Gasteiger partial charge on any atom is 0.143 e. The SMILES string of the molecule is CCCNc1nc(C2CCCCCC2)nc(CCC)c1I. The number of aromatic nitrogens is 2. The van der Waals surface area contributed by atoms with E-state index in [1.165, 1.54) is 47.8 Å². The van der Waals surface area contributed by atoms with Crippen molar-refractivity contribution in [1.29, 1.82) is 0 Å². The summed E-state index contributed by atoms with van der Waals surface area (Å²) >= 11 is 2.41. The van der Waals surface area contributed by atoms with E-state index in [1.807, 2.05) is 0 Å². The summed E-state index contributed by atoms with van der Waals surface area (Å²) in [5, 5.41) is 3.50. The van der Waals surface area contributed by atoms with Crippen molar-refractivity contribution < 1.29 is 0 Å². The molecule has 1 heterocycles. The fourth-order valence-corrected chi connectivity index (χ4v) is 3.70. The molecule has 1 aliphatic rings. The second-order valence-electron chi connectivity index (χ2n) is 6.06. The van der Waals surface area contributed by atoms with E-state index in [9.17, 15) is 0 Å². The van der Waals surface area contributed by atoms with Crippen LogP contribution in [-0.4, -0.2) is 16.5 Å². The summed E-state index contributed by atoms with van der Waals surface area (Å²) in [5.41, 5.74) is 1.24. The summed E-state index contributed by atoms with van der Waals surface area (Å²) in [6.07, 6.45) is 11.3. The lowest BCUT2D eigenvalue weighted by atomic mass is 9.99. The highest BCUT2D eigenvalue weighted by atomic mass is 127. The van der Waals surface area contributed by atoms with Crippen molar-refractivity contribution in [1.82, 2.24) is 9.97 Å². The predicted molar refractivity (Wildman–Crippen MR) is 98.0 cm³/mol. The molecule has 0 amide bonds. The minimum atomic E-state index is 0.572. The molecule has 0 unspecified atom stereocenters. The largest absolute Gasteiger partial charge is 0.369 e. The average Bonchev–Trinajstić information content (AvgIpc) is 2.77. The molecule has 1 fully saturated rings. The molecule has 1 aromatic heterocycles. The first-order chi connectivity index (χ1) is 10.3. The van der Waals surface area contributed by atoms with Gasteiger partial charge in [-0.2, -0.15) is 0 Å². The smallest absolute Gasteiger partial charge is 0.143 e. The number of hydrogen-bond donors (Lipinski definition) is 1. The number of hydrogen-bond acceptors (Lipinski definition) is 3. The normalized spacial score (nSPS) is 16.7. The maximum absolute atomic E-state index is 4.94. The second-order valence-corrected chi connectivity index (χ2v) is 7.14. The quantitative estimate of drug-likeness (QED) is 0.520. The van der Waals surface area contributed by atoms with Gasteiger partial charge in [0.05, 0.1) is 9.26 Å². The number of aryl methyl sites for hydroxylation is 1. The second kappa shape index (κ2) is 8.91. The van der Waals surface area contributed by atoms with Crippen LogP contribution in [0.1, 0.15) is 82.7 Å². The van der Waals surface area contributed by atoms with Crippen LogP contribution in [0.5, 0.6) is 0 Å². The van der Waals surface area contributed by atoms with E-state index in [-0.39, 0.29) is 0 Å². The number of anilines is 1. The number of rotatable bonds is 6. The Bertz CT molecular complexity index is 440. The summed E-state index contributed by atoms with van der Waals surface area (Å²) in [6, 6.07) is 0. The Labute approximate surface area is 142 Å². The van der Waals surface area contributed by atoms with Crippen molar-refractivity contribution in [3.05, 3.63) is 15.1 Å². The van der Waals surface area contributed by atoms with Crippen LogP contribution in [0.15, 0.2) is 0 Å². The number of nitrogens with zero attached hydrogens (tertiary/aromatic N) is 2. The van der Waals surface area contributed by atoms with Crippen LogP contribution in [0.3, 0.4) is 0 Å². The molecule has 3 nitrogen and oxygen atoms in total. The molecule has 1 saturated carbocycles. The van der Waals surface area contributed by atoms with Gasteiger partial charge in [0.15, 0.2) is 0 Å². The molecule has 1 aromatic rings. The van der Waals surface area contributed by atoms with Gasteiger partial charge in [0.2, 0.25) is 0 Å². The summed E-state index contributed by atoms with van der Waals surface area (Å²) in [7, 11) is 0. The Morgan fingerprint density at radius 2 is 1.76 bits per heavy atom. The van der Waals surface area contributed by atoms with E-state index < -0.39 is 0 Å². The Hall–Kier alpha value is -0.390. The summed E-state index contributed by atoms with van der Waals surface area (Å²) in [5.74, 6) is 2.73. The highest BCUT2D eigenvalue weighted by Gasteiger charge is 2.20. The van der Waals surface area contributed by atoms with Crippen LogP contribution < -0.4 is 5.32 Å². The molecule has 4 heteroatoms. The van der Waals surface area contributed by atoms with Crippen molar-refractivity contribution in [2.45, 2.75) is 77.6 Å². The standard InChI is InChI=1S/C17H28IN3/c1-3-9-14-15(18)17(19-12-4-2)21-16(20-14)13-10-7-5-6-8-11-13/h13H,3-12H2,1-2H3,(H,19,20,21). The zero-order valence-electron chi connectivity index (χ0n) is 13.4. The fraction of sp³-hybridized carbons (Fsp3) is 0.765. The molecule has 0 aliphatic heterocycles. The van der Waals surface area contributed by atoms with E-state index in [0.717, 1.165) is 37.4 Å². The van der Waals surface area contributed by atoms with E-state index in [1.54, 1.807) is 0 Å². The van der Waals surface area contributed by atoms with Crippen molar-refractivity contribution in [2.24, 2.45) is 0 Å². The van der Waals surface area contributed by atoms with Gasteiger partial charge >= 0.3 is 0 Å². The number of halogens is 1. The van der Waals surface area contributed by atoms with Crippen LogP contribution in [0.2, 0.25) is 0 Å². The van der Waals surface area contributed by atoms with Gasteiger partial charge in [-0.15, -0.1) is 0 Å². The fourth-order valence-electron chi connectivity index (χ4n) is 3.00. The summed E-state index contributed by atoms with van der Waals surface area (Å²) in [4.78, 5) is 9.83. The highest BCUT2D eigenvalue weighted by Crippen LogP contribution is 2.32. The molecule has 0 spiro atoms. The van der Waals surface area contributed by atoms with Gasteiger partial charge < -0.3 is 5.32 Å². The Morgan fingerprint density at radius 3 is 2.38 bits per heavy atom. The monoisotopic (exact) mass is 401 g/mol. The van der Waals surface area contributed by atoms with Crippen LogP contribution in [0, 0.1) is 3.57 Å². The molecule has 118 valence electrons. The minimum Gasteiger partial charge on any atom is -0.369 e. The van der Waals surface area contributed by atoms with Gasteiger partial charge in [-0.05, 0) is 48.3 Å². The van der Waals surface area contributed by atoms with Crippen LogP contribution >= 0.6 is 22.6 Å². The summed E-state index contributed by atoms with van der Waals surface area (Å²) in [6.45, 7) is 5.41. The Morgan fingerprint density at radius 1 is 1.05 bits per heavy atom. The minimum absolute atomic E-state index is 0.572. The van der Waals surface area contributed by atoms with E-state index >= 15 is 0 Å². The Balaban J connectivity index is 2.27. The maximum atomic E-state index is 4.94. The van der Waals surface area contributed by atoms with Crippen LogP contribution in [-0.2, 0) is 6.42 Å². The third kappa shape index (κ3) is 4.80. The van der Waals surface area contributed by atoms with Gasteiger partial charge in [-0.25, -0.2) is 9.97 Å². The van der Waals surface area contributed by atoms with Crippen LogP contribution in [0.4, 0.5) is 5.82 Å². The highest BCUT2D eigenvalue weighted by molar-refractivity contribution is 14.1. The molecule has 0 aromatic carbocycles. The zero-order chi connectivity index (χ0) is 15.1. The van der Waals surface area contributed by atoms with Crippen LogP contribution in [0.25, 0.3) is 0 Å². The lowest BCUT2D eigenvalue weighted by Gasteiger charge is -2.17. The third-order valence-electron chi connectivity index (χ3n) is 4.19. The van der Waals surface area contributed by atoms with Gasteiger partial charge in [-0.1, -0.05) is 46.0 Å². The zero-order valence-corrected chi connectivity index (χ0v) is 15.6. The molecule has 2 rings (SSSR count). The van der Waals surface area contributed by atoms with E-state index in [2.05, 4.69) is 41.8 Å². The lowest BCUT2D eigenvalue weighted by Crippen LogP contribution is -2.13. The molecular formula is C17H28IN3. The van der Waals surface area contributed by atoms with Gasteiger partial charge in [0, 0.05) is 12.5 Å². The average molecular weight is 401 g/mol.